The molecule has 2 fully saturated rings. The predicted molar refractivity (Wildman–Crippen MR) is 138 cm³/mol. The first-order chi connectivity index (χ1) is 18.6. The maximum absolute atomic E-state index is 14.3. The molecular formula is C29H30F3N5O2. The van der Waals surface area contributed by atoms with Crippen LogP contribution in [0.3, 0.4) is 0 Å². The Bertz CT molecular complexity index is 1500. The Morgan fingerprint density at radius 2 is 1.92 bits per heavy atom. The Hall–Kier alpha value is -3.40. The third kappa shape index (κ3) is 3.86. The van der Waals surface area contributed by atoms with Gasteiger partial charge in [0.2, 0.25) is 0 Å². The minimum atomic E-state index is -4.57. The van der Waals surface area contributed by atoms with Crippen molar-refractivity contribution < 1.29 is 22.7 Å². The van der Waals surface area contributed by atoms with Crippen molar-refractivity contribution in [1.82, 2.24) is 20.1 Å². The van der Waals surface area contributed by atoms with Crippen molar-refractivity contribution in [3.8, 4) is 5.75 Å². The Morgan fingerprint density at radius 1 is 1.13 bits per heavy atom. The molecule has 2 saturated carbocycles. The number of rotatable bonds is 6. The average Bonchev–Trinajstić information content (AvgIpc) is 3.18. The molecule has 1 aromatic heterocycles. The summed E-state index contributed by atoms with van der Waals surface area (Å²) < 4.78 is 50.7. The number of benzene rings is 2. The number of amides is 1. The summed E-state index contributed by atoms with van der Waals surface area (Å²) in [6.07, 6.45) is 2.60. The molecule has 2 aliphatic heterocycles. The molecule has 3 aromatic rings. The molecule has 2 aliphatic carbocycles. The topological polar surface area (TPSA) is 72.3 Å². The zero-order valence-electron chi connectivity index (χ0n) is 22.0. The highest BCUT2D eigenvalue weighted by Crippen LogP contribution is 2.52. The first kappa shape index (κ1) is 24.6. The standard InChI is InChI=1S/C29H30F3N5O2/c1-27(7-8-27)33-14-17-10-20-21(22(11-17)29(30,31)32)15-37(25(20)38)23-13-19(12-18-4-9-39-24(18)23)28(5-3-6-28)26-35-34-16-36(26)2/h10-13,16,33H,3-9,14-15H2,1-2H3. The molecule has 0 atom stereocenters. The molecule has 0 radical (unpaired) electrons. The lowest BCUT2D eigenvalue weighted by molar-refractivity contribution is -0.138. The van der Waals surface area contributed by atoms with Crippen LogP contribution >= 0.6 is 0 Å². The van der Waals surface area contributed by atoms with Crippen LogP contribution in [0.4, 0.5) is 18.9 Å². The van der Waals surface area contributed by atoms with E-state index in [1.54, 1.807) is 12.4 Å². The van der Waals surface area contributed by atoms with Crippen molar-refractivity contribution in [3.63, 3.8) is 0 Å². The van der Waals surface area contributed by atoms with Gasteiger partial charge in [0.25, 0.3) is 5.91 Å². The first-order valence-electron chi connectivity index (χ1n) is 13.5. The molecule has 2 aromatic carbocycles. The number of carbonyl (C=O) groups excluding carboxylic acids is 1. The maximum atomic E-state index is 14.3. The summed E-state index contributed by atoms with van der Waals surface area (Å²) in [6.45, 7) is 2.67. The Labute approximate surface area is 224 Å². The molecule has 1 amide bonds. The molecule has 39 heavy (non-hydrogen) atoms. The van der Waals surface area contributed by atoms with Gasteiger partial charge in [-0.1, -0.05) is 12.5 Å². The molecule has 7 rings (SSSR count). The summed E-state index contributed by atoms with van der Waals surface area (Å²) in [5, 5.41) is 11.8. The van der Waals surface area contributed by atoms with E-state index in [9.17, 15) is 18.0 Å². The van der Waals surface area contributed by atoms with Gasteiger partial charge in [-0.25, -0.2) is 0 Å². The molecule has 1 N–H and O–H groups in total. The van der Waals surface area contributed by atoms with Crippen molar-refractivity contribution >= 4 is 11.6 Å². The highest BCUT2D eigenvalue weighted by atomic mass is 19.4. The summed E-state index contributed by atoms with van der Waals surface area (Å²) in [6, 6.07) is 6.88. The number of aromatic nitrogens is 3. The lowest BCUT2D eigenvalue weighted by atomic mass is 9.63. The van der Waals surface area contributed by atoms with E-state index in [1.807, 2.05) is 17.7 Å². The molecule has 0 saturated heterocycles. The van der Waals surface area contributed by atoms with Crippen LogP contribution in [-0.2, 0) is 38.1 Å². The first-order valence-corrected chi connectivity index (χ1v) is 13.5. The fourth-order valence-corrected chi connectivity index (χ4v) is 6.35. The van der Waals surface area contributed by atoms with Crippen LogP contribution in [0.5, 0.6) is 5.75 Å². The van der Waals surface area contributed by atoms with E-state index in [-0.39, 0.29) is 35.2 Å². The van der Waals surface area contributed by atoms with Crippen molar-refractivity contribution in [2.24, 2.45) is 7.05 Å². The Kier molecular flexibility index (Phi) is 5.24. The number of alkyl halides is 3. The number of hydrogen-bond donors (Lipinski definition) is 1. The molecule has 0 unspecified atom stereocenters. The number of aryl methyl sites for hydroxylation is 1. The fraction of sp³-hybridized carbons (Fsp3) is 0.483. The van der Waals surface area contributed by atoms with E-state index in [0.29, 0.717) is 30.0 Å². The van der Waals surface area contributed by atoms with Gasteiger partial charge in [-0.3, -0.25) is 4.79 Å². The molecular weight excluding hydrogens is 507 g/mol. The average molecular weight is 538 g/mol. The van der Waals surface area contributed by atoms with Gasteiger partial charge in [0.1, 0.15) is 17.9 Å². The van der Waals surface area contributed by atoms with Gasteiger partial charge in [-0.15, -0.1) is 10.2 Å². The highest BCUT2D eigenvalue weighted by Gasteiger charge is 2.46. The van der Waals surface area contributed by atoms with E-state index in [1.165, 1.54) is 11.0 Å². The lowest BCUT2D eigenvalue weighted by Gasteiger charge is -2.41. The quantitative estimate of drug-likeness (QED) is 0.477. The number of hydrogen-bond acceptors (Lipinski definition) is 5. The summed E-state index contributed by atoms with van der Waals surface area (Å²) >= 11 is 0. The third-order valence-corrected chi connectivity index (χ3v) is 9.08. The van der Waals surface area contributed by atoms with Crippen LogP contribution in [0.25, 0.3) is 0 Å². The molecule has 3 heterocycles. The highest BCUT2D eigenvalue weighted by molar-refractivity contribution is 6.11. The second kappa shape index (κ2) is 8.30. The van der Waals surface area contributed by atoms with E-state index in [4.69, 9.17) is 4.74 Å². The molecule has 7 nitrogen and oxygen atoms in total. The van der Waals surface area contributed by atoms with Gasteiger partial charge in [-0.05, 0) is 73.1 Å². The van der Waals surface area contributed by atoms with Crippen molar-refractivity contribution in [2.45, 2.75) is 75.7 Å². The number of ether oxygens (including phenoxy) is 1. The number of nitrogens with one attached hydrogen (secondary N) is 1. The summed E-state index contributed by atoms with van der Waals surface area (Å²) in [7, 11) is 1.92. The normalized spacial score (nSPS) is 20.4. The summed E-state index contributed by atoms with van der Waals surface area (Å²) in [4.78, 5) is 15.3. The predicted octanol–water partition coefficient (Wildman–Crippen LogP) is 5.04. The smallest absolute Gasteiger partial charge is 0.416 e. The van der Waals surface area contributed by atoms with Crippen LogP contribution < -0.4 is 15.0 Å². The van der Waals surface area contributed by atoms with Crippen molar-refractivity contribution in [2.75, 3.05) is 11.5 Å². The number of carbonyl (C=O) groups is 1. The largest absolute Gasteiger partial charge is 0.491 e. The third-order valence-electron chi connectivity index (χ3n) is 9.08. The Morgan fingerprint density at radius 3 is 2.56 bits per heavy atom. The van der Waals surface area contributed by atoms with Crippen molar-refractivity contribution in [3.05, 3.63) is 69.8 Å². The molecule has 0 bridgehead atoms. The van der Waals surface area contributed by atoms with Gasteiger partial charge >= 0.3 is 6.18 Å². The van der Waals surface area contributed by atoms with Gasteiger partial charge in [0.05, 0.1) is 29.8 Å². The van der Waals surface area contributed by atoms with Crippen LogP contribution in [0.2, 0.25) is 0 Å². The van der Waals surface area contributed by atoms with E-state index in [2.05, 4.69) is 28.5 Å². The van der Waals surface area contributed by atoms with E-state index < -0.39 is 17.6 Å². The van der Waals surface area contributed by atoms with E-state index in [0.717, 1.165) is 49.1 Å². The number of fused-ring (bicyclic) bond motifs is 2. The molecule has 4 aliphatic rings. The molecule has 0 spiro atoms. The summed E-state index contributed by atoms with van der Waals surface area (Å²) in [5.74, 6) is 1.02. The van der Waals surface area contributed by atoms with Crippen LogP contribution in [0.1, 0.15) is 83.0 Å². The number of halogens is 3. The SMILES string of the molecule is Cn1cnnc1C1(c2cc3c(c(N4Cc5c(cc(CNC6(C)CC6)cc5C(F)(F)F)C4=O)c2)OCC3)CCC1. The minimum absolute atomic E-state index is 0.0256. The molecule has 204 valence electrons. The summed E-state index contributed by atoms with van der Waals surface area (Å²) in [5.41, 5.74) is 2.00. The van der Waals surface area contributed by atoms with Crippen LogP contribution in [0.15, 0.2) is 30.6 Å². The zero-order valence-corrected chi connectivity index (χ0v) is 22.0. The maximum Gasteiger partial charge on any atom is 0.416 e. The Balaban J connectivity index is 1.31. The monoisotopic (exact) mass is 537 g/mol. The minimum Gasteiger partial charge on any atom is -0.491 e. The van der Waals surface area contributed by atoms with Gasteiger partial charge < -0.3 is 19.5 Å². The van der Waals surface area contributed by atoms with Crippen LogP contribution in [-0.4, -0.2) is 32.8 Å². The van der Waals surface area contributed by atoms with Crippen molar-refractivity contribution in [1.29, 1.82) is 0 Å². The van der Waals surface area contributed by atoms with Gasteiger partial charge in [-0.2, -0.15) is 13.2 Å². The van der Waals surface area contributed by atoms with Crippen LogP contribution in [0, 0.1) is 0 Å². The molecule has 10 heteroatoms. The number of nitrogens with zero attached hydrogens (tertiary/aromatic N) is 4. The second-order valence-electron chi connectivity index (χ2n) is 11.8. The second-order valence-corrected chi connectivity index (χ2v) is 11.8. The fourth-order valence-electron chi connectivity index (χ4n) is 6.35. The zero-order chi connectivity index (χ0) is 27.2. The lowest BCUT2D eigenvalue weighted by Crippen LogP contribution is -2.38. The van der Waals surface area contributed by atoms with E-state index >= 15 is 0 Å². The number of anilines is 1. The van der Waals surface area contributed by atoms with Gasteiger partial charge in [0, 0.05) is 31.1 Å². The van der Waals surface area contributed by atoms with Gasteiger partial charge in [0.15, 0.2) is 0 Å².